The van der Waals surface area contributed by atoms with Crippen molar-refractivity contribution in [1.29, 1.82) is 0 Å². The molecule has 0 spiro atoms. The van der Waals surface area contributed by atoms with Gasteiger partial charge in [0, 0.05) is 26.2 Å². The van der Waals surface area contributed by atoms with Crippen LogP contribution in [0.15, 0.2) is 11.0 Å². The number of nitrogens with zero attached hydrogens (tertiary/aromatic N) is 4. The van der Waals surface area contributed by atoms with Crippen molar-refractivity contribution in [2.75, 3.05) is 38.1 Å². The monoisotopic (exact) mass is 299 g/mol. The maximum absolute atomic E-state index is 12.2. The standard InChI is InChI=1S/C13H22ClN5O/c1-9(2)19-13(20)12(14)11(7-16-19)18-5-4-17(3)8-10(18)6-15/h7,9-10H,4-6,8,15H2,1-3H3. The summed E-state index contributed by atoms with van der Waals surface area (Å²) in [6, 6.07) is 0.147. The van der Waals surface area contributed by atoms with Crippen molar-refractivity contribution in [1.82, 2.24) is 14.7 Å². The van der Waals surface area contributed by atoms with E-state index in [-0.39, 0.29) is 22.7 Å². The summed E-state index contributed by atoms with van der Waals surface area (Å²) in [7, 11) is 2.07. The van der Waals surface area contributed by atoms with Crippen LogP contribution in [0.2, 0.25) is 5.02 Å². The topological polar surface area (TPSA) is 67.4 Å². The number of aromatic nitrogens is 2. The summed E-state index contributed by atoms with van der Waals surface area (Å²) in [5.74, 6) is 0. The average Bonchev–Trinajstić information content (AvgIpc) is 2.41. The summed E-state index contributed by atoms with van der Waals surface area (Å²) in [4.78, 5) is 16.6. The highest BCUT2D eigenvalue weighted by Gasteiger charge is 2.27. The van der Waals surface area contributed by atoms with E-state index in [2.05, 4.69) is 21.9 Å². The van der Waals surface area contributed by atoms with Gasteiger partial charge in [0.25, 0.3) is 5.56 Å². The molecule has 7 heteroatoms. The maximum atomic E-state index is 12.2. The second-order valence-electron chi connectivity index (χ2n) is 5.53. The first kappa shape index (κ1) is 15.3. The molecule has 0 amide bonds. The Morgan fingerprint density at radius 2 is 2.20 bits per heavy atom. The maximum Gasteiger partial charge on any atom is 0.287 e. The van der Waals surface area contributed by atoms with Gasteiger partial charge in [-0.3, -0.25) is 4.79 Å². The van der Waals surface area contributed by atoms with Crippen molar-refractivity contribution in [3.05, 3.63) is 21.6 Å². The van der Waals surface area contributed by atoms with E-state index >= 15 is 0 Å². The Morgan fingerprint density at radius 3 is 2.80 bits per heavy atom. The molecule has 1 aromatic rings. The molecule has 1 aliphatic rings. The van der Waals surface area contributed by atoms with Crippen molar-refractivity contribution in [2.24, 2.45) is 5.73 Å². The second-order valence-corrected chi connectivity index (χ2v) is 5.91. The van der Waals surface area contributed by atoms with Crippen molar-refractivity contribution < 1.29 is 0 Å². The third-order valence-electron chi connectivity index (χ3n) is 3.68. The summed E-state index contributed by atoms with van der Waals surface area (Å²) >= 11 is 6.27. The van der Waals surface area contributed by atoms with Crippen LogP contribution in [0.25, 0.3) is 0 Å². The molecule has 0 bridgehead atoms. The van der Waals surface area contributed by atoms with Gasteiger partial charge in [0.05, 0.1) is 24.0 Å². The van der Waals surface area contributed by atoms with Crippen molar-refractivity contribution in [3.8, 4) is 0 Å². The van der Waals surface area contributed by atoms with Gasteiger partial charge in [-0.05, 0) is 20.9 Å². The van der Waals surface area contributed by atoms with Gasteiger partial charge < -0.3 is 15.5 Å². The Labute approximate surface area is 124 Å². The van der Waals surface area contributed by atoms with Crippen LogP contribution >= 0.6 is 11.6 Å². The SMILES string of the molecule is CC(C)n1ncc(N2CCN(C)CC2CN)c(Cl)c1=O. The van der Waals surface area contributed by atoms with Gasteiger partial charge in [0.15, 0.2) is 0 Å². The van der Waals surface area contributed by atoms with Crippen molar-refractivity contribution in [3.63, 3.8) is 0 Å². The number of nitrogens with two attached hydrogens (primary N) is 1. The number of hydrogen-bond acceptors (Lipinski definition) is 5. The molecule has 2 heterocycles. The first-order valence-electron chi connectivity index (χ1n) is 6.88. The molecule has 0 radical (unpaired) electrons. The predicted molar refractivity (Wildman–Crippen MR) is 81.6 cm³/mol. The number of rotatable bonds is 3. The van der Waals surface area contributed by atoms with Crippen LogP contribution in [0.1, 0.15) is 19.9 Å². The molecule has 0 aliphatic carbocycles. The zero-order chi connectivity index (χ0) is 14.9. The molecule has 1 aliphatic heterocycles. The molecule has 0 aromatic carbocycles. The van der Waals surface area contributed by atoms with Crippen LogP contribution in [0.5, 0.6) is 0 Å². The van der Waals surface area contributed by atoms with Gasteiger partial charge in [0.1, 0.15) is 5.02 Å². The molecule has 112 valence electrons. The first-order valence-corrected chi connectivity index (χ1v) is 7.26. The Morgan fingerprint density at radius 1 is 1.50 bits per heavy atom. The Kier molecular flexibility index (Phi) is 4.67. The number of hydrogen-bond donors (Lipinski definition) is 1. The molecule has 1 atom stereocenters. The third-order valence-corrected chi connectivity index (χ3v) is 4.04. The van der Waals surface area contributed by atoms with Crippen LogP contribution < -0.4 is 16.2 Å². The van der Waals surface area contributed by atoms with Crippen LogP contribution in [0.4, 0.5) is 5.69 Å². The number of anilines is 1. The van der Waals surface area contributed by atoms with E-state index in [0.29, 0.717) is 12.2 Å². The van der Waals surface area contributed by atoms with E-state index in [1.165, 1.54) is 4.68 Å². The summed E-state index contributed by atoms with van der Waals surface area (Å²) in [5, 5.41) is 4.46. The van der Waals surface area contributed by atoms with Gasteiger partial charge in [-0.2, -0.15) is 5.10 Å². The van der Waals surface area contributed by atoms with Gasteiger partial charge in [-0.25, -0.2) is 4.68 Å². The van der Waals surface area contributed by atoms with Crippen molar-refractivity contribution >= 4 is 17.3 Å². The minimum Gasteiger partial charge on any atom is -0.362 e. The van der Waals surface area contributed by atoms with Crippen LogP contribution in [-0.4, -0.2) is 53.9 Å². The lowest BCUT2D eigenvalue weighted by Gasteiger charge is -2.41. The zero-order valence-electron chi connectivity index (χ0n) is 12.2. The molecule has 2 N–H and O–H groups in total. The van der Waals surface area contributed by atoms with Crippen molar-refractivity contribution in [2.45, 2.75) is 25.9 Å². The third kappa shape index (κ3) is 2.82. The molecule has 1 fully saturated rings. The largest absolute Gasteiger partial charge is 0.362 e. The predicted octanol–water partition coefficient (Wildman–Crippen LogP) is 0.557. The number of halogens is 1. The Hall–Kier alpha value is -1.11. The minimum absolute atomic E-state index is 0.00755. The summed E-state index contributed by atoms with van der Waals surface area (Å²) in [5.41, 5.74) is 6.29. The lowest BCUT2D eigenvalue weighted by molar-refractivity contribution is 0.269. The summed E-state index contributed by atoms with van der Waals surface area (Å²) < 4.78 is 1.40. The van der Waals surface area contributed by atoms with E-state index in [1.54, 1.807) is 6.20 Å². The molecule has 2 rings (SSSR count). The normalized spacial score (nSPS) is 20.7. The fourth-order valence-electron chi connectivity index (χ4n) is 2.53. The highest BCUT2D eigenvalue weighted by Crippen LogP contribution is 2.25. The smallest absolute Gasteiger partial charge is 0.287 e. The fraction of sp³-hybridized carbons (Fsp3) is 0.692. The minimum atomic E-state index is -0.242. The molecule has 0 saturated carbocycles. The summed E-state index contributed by atoms with van der Waals surface area (Å²) in [6.45, 7) is 6.91. The highest BCUT2D eigenvalue weighted by atomic mass is 35.5. The van der Waals surface area contributed by atoms with Crippen LogP contribution in [0, 0.1) is 0 Å². The molecule has 20 heavy (non-hydrogen) atoms. The second kappa shape index (κ2) is 6.11. The van der Waals surface area contributed by atoms with Crippen LogP contribution in [0.3, 0.4) is 0 Å². The summed E-state index contributed by atoms with van der Waals surface area (Å²) in [6.07, 6.45) is 1.68. The van der Waals surface area contributed by atoms with E-state index in [1.807, 2.05) is 13.8 Å². The fourth-order valence-corrected chi connectivity index (χ4v) is 2.78. The van der Waals surface area contributed by atoms with Crippen LogP contribution in [-0.2, 0) is 0 Å². The molecule has 1 aromatic heterocycles. The molecule has 1 saturated heterocycles. The lowest BCUT2D eigenvalue weighted by Crippen LogP contribution is -2.55. The van der Waals surface area contributed by atoms with E-state index in [0.717, 1.165) is 19.6 Å². The molecular weight excluding hydrogens is 278 g/mol. The van der Waals surface area contributed by atoms with Gasteiger partial charge in [-0.1, -0.05) is 11.6 Å². The zero-order valence-corrected chi connectivity index (χ0v) is 13.0. The van der Waals surface area contributed by atoms with E-state index in [9.17, 15) is 4.79 Å². The van der Waals surface area contributed by atoms with Gasteiger partial charge in [0.2, 0.25) is 0 Å². The van der Waals surface area contributed by atoms with Gasteiger partial charge in [-0.15, -0.1) is 0 Å². The first-order chi connectivity index (χ1) is 9.45. The van der Waals surface area contributed by atoms with Gasteiger partial charge >= 0.3 is 0 Å². The quantitative estimate of drug-likeness (QED) is 0.883. The Bertz CT molecular complexity index is 530. The molecule has 6 nitrogen and oxygen atoms in total. The van der Waals surface area contributed by atoms with E-state index in [4.69, 9.17) is 17.3 Å². The van der Waals surface area contributed by atoms with E-state index < -0.39 is 0 Å². The lowest BCUT2D eigenvalue weighted by atomic mass is 10.1. The molecular formula is C13H22ClN5O. The number of piperazine rings is 1. The number of likely N-dealkylation sites (N-methyl/N-ethyl adjacent to an activating group) is 1. The Balaban J connectivity index is 2.38. The average molecular weight is 300 g/mol. The molecule has 1 unspecified atom stereocenters. The highest BCUT2D eigenvalue weighted by molar-refractivity contribution is 6.33.